The lowest BCUT2D eigenvalue weighted by molar-refractivity contribution is 0.0954. The molecule has 0 radical (unpaired) electrons. The van der Waals surface area contributed by atoms with E-state index in [-0.39, 0.29) is 5.91 Å². The highest BCUT2D eigenvalue weighted by Gasteiger charge is 2.10. The smallest absolute Gasteiger partial charge is 0.271 e. The SMILES string of the molecule is CCCOc1ccc(Cl)cc1/C=N/NC(=O)c1ccc(OCC)c(OC)c1. The first-order chi connectivity index (χ1) is 13.1. The third-order valence-corrected chi connectivity index (χ3v) is 3.76. The number of hydrogen-bond donors (Lipinski definition) is 1. The predicted octanol–water partition coefficient (Wildman–Crippen LogP) is 4.30. The van der Waals surface area contributed by atoms with Gasteiger partial charge in [0.1, 0.15) is 5.75 Å². The molecular weight excluding hydrogens is 368 g/mol. The molecular formula is C20H23ClN2O4. The molecule has 144 valence electrons. The molecule has 2 aromatic carbocycles. The number of halogens is 1. The summed E-state index contributed by atoms with van der Waals surface area (Å²) in [6.07, 6.45) is 2.39. The number of nitrogens with zero attached hydrogens (tertiary/aromatic N) is 1. The number of amides is 1. The highest BCUT2D eigenvalue weighted by atomic mass is 35.5. The Morgan fingerprint density at radius 1 is 1.11 bits per heavy atom. The van der Waals surface area contributed by atoms with Gasteiger partial charge in [-0.3, -0.25) is 4.79 Å². The lowest BCUT2D eigenvalue weighted by Crippen LogP contribution is -2.17. The van der Waals surface area contributed by atoms with Crippen LogP contribution in [0.25, 0.3) is 0 Å². The van der Waals surface area contributed by atoms with Gasteiger partial charge in [-0.1, -0.05) is 18.5 Å². The predicted molar refractivity (Wildman–Crippen MR) is 106 cm³/mol. The summed E-state index contributed by atoms with van der Waals surface area (Å²) in [6.45, 7) is 4.99. The minimum Gasteiger partial charge on any atom is -0.493 e. The lowest BCUT2D eigenvalue weighted by Gasteiger charge is -2.10. The van der Waals surface area contributed by atoms with Crippen LogP contribution in [0, 0.1) is 0 Å². The van der Waals surface area contributed by atoms with Crippen molar-refractivity contribution < 1.29 is 19.0 Å². The van der Waals surface area contributed by atoms with Crippen LogP contribution in [0.15, 0.2) is 41.5 Å². The van der Waals surface area contributed by atoms with Crippen molar-refractivity contribution in [2.45, 2.75) is 20.3 Å². The number of methoxy groups -OCH3 is 1. The van der Waals surface area contributed by atoms with Crippen molar-refractivity contribution in [3.05, 3.63) is 52.5 Å². The number of hydrazone groups is 1. The standard InChI is InChI=1S/C20H23ClN2O4/c1-4-10-27-17-9-7-16(21)11-15(17)13-22-23-20(24)14-6-8-18(26-5-2)19(12-14)25-3/h6-9,11-13H,4-5,10H2,1-3H3,(H,23,24)/b22-13+. The van der Waals surface area contributed by atoms with E-state index in [4.69, 9.17) is 25.8 Å². The fourth-order valence-electron chi connectivity index (χ4n) is 2.27. The molecule has 0 fully saturated rings. The number of ether oxygens (including phenoxy) is 3. The van der Waals surface area contributed by atoms with E-state index in [1.807, 2.05) is 13.8 Å². The third-order valence-electron chi connectivity index (χ3n) is 3.53. The quantitative estimate of drug-likeness (QED) is 0.512. The first-order valence-electron chi connectivity index (χ1n) is 8.65. The summed E-state index contributed by atoms with van der Waals surface area (Å²) in [4.78, 5) is 12.3. The molecule has 0 unspecified atom stereocenters. The van der Waals surface area contributed by atoms with E-state index in [0.717, 1.165) is 6.42 Å². The van der Waals surface area contributed by atoms with Crippen LogP contribution in [0.4, 0.5) is 0 Å². The Hall–Kier alpha value is -2.73. The van der Waals surface area contributed by atoms with Gasteiger partial charge in [0, 0.05) is 16.1 Å². The number of hydrogen-bond acceptors (Lipinski definition) is 5. The fourth-order valence-corrected chi connectivity index (χ4v) is 2.45. The Kier molecular flexibility index (Phi) is 7.95. The monoisotopic (exact) mass is 390 g/mol. The number of carbonyl (C=O) groups excluding carboxylic acids is 1. The molecule has 1 N–H and O–H groups in total. The van der Waals surface area contributed by atoms with Crippen molar-refractivity contribution in [1.82, 2.24) is 5.43 Å². The Labute approximate surface area is 164 Å². The Balaban J connectivity index is 2.10. The van der Waals surface area contributed by atoms with Gasteiger partial charge in [-0.05, 0) is 49.7 Å². The van der Waals surface area contributed by atoms with E-state index in [0.29, 0.717) is 46.6 Å². The number of benzene rings is 2. The fraction of sp³-hybridized carbons (Fsp3) is 0.300. The molecule has 27 heavy (non-hydrogen) atoms. The van der Waals surface area contributed by atoms with Crippen molar-refractivity contribution in [3.8, 4) is 17.2 Å². The molecule has 1 amide bonds. The molecule has 0 atom stereocenters. The van der Waals surface area contributed by atoms with Gasteiger partial charge in [0.25, 0.3) is 5.91 Å². The van der Waals surface area contributed by atoms with Gasteiger partial charge in [-0.25, -0.2) is 5.43 Å². The van der Waals surface area contributed by atoms with E-state index in [1.165, 1.54) is 13.3 Å². The molecule has 7 heteroatoms. The maximum Gasteiger partial charge on any atom is 0.271 e. The molecule has 0 spiro atoms. The Morgan fingerprint density at radius 3 is 2.59 bits per heavy atom. The number of nitrogens with one attached hydrogen (secondary N) is 1. The molecule has 0 aliphatic rings. The van der Waals surface area contributed by atoms with Crippen molar-refractivity contribution >= 4 is 23.7 Å². The molecule has 0 aliphatic carbocycles. The number of carbonyl (C=O) groups is 1. The van der Waals surface area contributed by atoms with E-state index in [9.17, 15) is 4.79 Å². The maximum atomic E-state index is 12.3. The van der Waals surface area contributed by atoms with Crippen molar-refractivity contribution in [1.29, 1.82) is 0 Å². The molecule has 0 saturated heterocycles. The van der Waals surface area contributed by atoms with Crippen LogP contribution in [-0.2, 0) is 0 Å². The van der Waals surface area contributed by atoms with Crippen molar-refractivity contribution in [3.63, 3.8) is 0 Å². The summed E-state index contributed by atoms with van der Waals surface area (Å²) in [7, 11) is 1.52. The average Bonchev–Trinajstić information content (AvgIpc) is 2.67. The second-order valence-corrected chi connectivity index (χ2v) is 5.96. The second kappa shape index (κ2) is 10.4. The third kappa shape index (κ3) is 5.89. The maximum absolute atomic E-state index is 12.3. The van der Waals surface area contributed by atoms with Gasteiger partial charge >= 0.3 is 0 Å². The van der Waals surface area contributed by atoms with Crippen LogP contribution in [0.1, 0.15) is 36.2 Å². The van der Waals surface area contributed by atoms with Gasteiger partial charge in [0.2, 0.25) is 0 Å². The van der Waals surface area contributed by atoms with Crippen molar-refractivity contribution in [2.75, 3.05) is 20.3 Å². The van der Waals surface area contributed by atoms with Crippen molar-refractivity contribution in [2.24, 2.45) is 5.10 Å². The molecule has 0 bridgehead atoms. The lowest BCUT2D eigenvalue weighted by atomic mass is 10.2. The van der Waals surface area contributed by atoms with E-state index in [2.05, 4.69) is 10.5 Å². The highest BCUT2D eigenvalue weighted by Crippen LogP contribution is 2.28. The minimum atomic E-state index is -0.370. The van der Waals surface area contributed by atoms with Crippen LogP contribution in [0.2, 0.25) is 5.02 Å². The van der Waals surface area contributed by atoms with Crippen LogP contribution in [-0.4, -0.2) is 32.4 Å². The van der Waals surface area contributed by atoms with E-state index in [1.54, 1.807) is 36.4 Å². The number of rotatable bonds is 9. The first kappa shape index (κ1) is 20.6. The minimum absolute atomic E-state index is 0.370. The van der Waals surface area contributed by atoms with Gasteiger partial charge < -0.3 is 14.2 Å². The van der Waals surface area contributed by atoms with Gasteiger partial charge in [-0.15, -0.1) is 0 Å². The Morgan fingerprint density at radius 2 is 1.89 bits per heavy atom. The topological polar surface area (TPSA) is 69.2 Å². The second-order valence-electron chi connectivity index (χ2n) is 5.53. The summed E-state index contributed by atoms with van der Waals surface area (Å²) in [6, 6.07) is 10.2. The van der Waals surface area contributed by atoms with Crippen LogP contribution < -0.4 is 19.6 Å². The molecule has 2 rings (SSSR count). The average molecular weight is 391 g/mol. The summed E-state index contributed by atoms with van der Waals surface area (Å²) in [5.74, 6) is 1.35. The molecule has 2 aromatic rings. The molecule has 6 nitrogen and oxygen atoms in total. The molecule has 0 aliphatic heterocycles. The van der Waals surface area contributed by atoms with Crippen LogP contribution in [0.5, 0.6) is 17.2 Å². The zero-order valence-corrected chi connectivity index (χ0v) is 16.4. The van der Waals surface area contributed by atoms with Crippen LogP contribution >= 0.6 is 11.6 Å². The first-order valence-corrected chi connectivity index (χ1v) is 9.03. The zero-order chi connectivity index (χ0) is 19.6. The van der Waals surface area contributed by atoms with E-state index >= 15 is 0 Å². The van der Waals surface area contributed by atoms with Crippen LogP contribution in [0.3, 0.4) is 0 Å². The summed E-state index contributed by atoms with van der Waals surface area (Å²) >= 11 is 6.03. The molecule has 0 heterocycles. The normalized spacial score (nSPS) is 10.7. The summed E-state index contributed by atoms with van der Waals surface area (Å²) < 4.78 is 16.4. The molecule has 0 aromatic heterocycles. The Bertz CT molecular complexity index is 809. The molecule has 0 saturated carbocycles. The summed E-state index contributed by atoms with van der Waals surface area (Å²) in [5, 5.41) is 4.56. The van der Waals surface area contributed by atoms with E-state index < -0.39 is 0 Å². The van der Waals surface area contributed by atoms with Gasteiger partial charge in [0.05, 0.1) is 26.5 Å². The largest absolute Gasteiger partial charge is 0.493 e. The van der Waals surface area contributed by atoms with Gasteiger partial charge in [-0.2, -0.15) is 5.10 Å². The highest BCUT2D eigenvalue weighted by molar-refractivity contribution is 6.30. The summed E-state index contributed by atoms with van der Waals surface area (Å²) in [5.41, 5.74) is 3.57. The zero-order valence-electron chi connectivity index (χ0n) is 15.6. The van der Waals surface area contributed by atoms with Gasteiger partial charge in [0.15, 0.2) is 11.5 Å².